The van der Waals surface area contributed by atoms with Gasteiger partial charge in [0.05, 0.1) is 0 Å². The molecule has 0 aliphatic heterocycles. The van der Waals surface area contributed by atoms with Crippen molar-refractivity contribution in [1.29, 1.82) is 0 Å². The second-order valence-electron chi connectivity index (χ2n) is 4.89. The van der Waals surface area contributed by atoms with E-state index in [1.807, 2.05) is 32.2 Å². The van der Waals surface area contributed by atoms with E-state index >= 15 is 0 Å². The lowest BCUT2D eigenvalue weighted by Gasteiger charge is -2.21. The Labute approximate surface area is 119 Å². The predicted molar refractivity (Wildman–Crippen MR) is 83.3 cm³/mol. The normalized spacial score (nSPS) is 12.3. The van der Waals surface area contributed by atoms with Gasteiger partial charge in [0.1, 0.15) is 0 Å². The second-order valence-corrected chi connectivity index (χ2v) is 5.30. The molecule has 2 N–H and O–H groups in total. The van der Waals surface area contributed by atoms with Crippen LogP contribution in [0.15, 0.2) is 42.5 Å². The van der Waals surface area contributed by atoms with Crippen LogP contribution in [0.1, 0.15) is 24.1 Å². The summed E-state index contributed by atoms with van der Waals surface area (Å²) in [5.74, 6) is 0. The van der Waals surface area contributed by atoms with Crippen LogP contribution in [0, 0.1) is 6.92 Å². The van der Waals surface area contributed by atoms with Gasteiger partial charge in [0, 0.05) is 29.5 Å². The first-order valence-electron chi connectivity index (χ1n) is 6.34. The summed E-state index contributed by atoms with van der Waals surface area (Å²) in [4.78, 5) is 2.11. The molecule has 100 valence electrons. The zero-order valence-electron chi connectivity index (χ0n) is 11.5. The number of aryl methyl sites for hydroxylation is 1. The first kappa shape index (κ1) is 13.9. The van der Waals surface area contributed by atoms with E-state index in [2.05, 4.69) is 36.1 Å². The standard InChI is InChI=1S/C16H19ClN2/c1-11-5-4-6-13(9-11)19(3)14-7-8-15(12(2)18)16(17)10-14/h4-10,12H,18H2,1-3H3. The molecular formula is C16H19ClN2. The lowest BCUT2D eigenvalue weighted by Crippen LogP contribution is -2.11. The van der Waals surface area contributed by atoms with Crippen molar-refractivity contribution in [3.05, 3.63) is 58.6 Å². The van der Waals surface area contributed by atoms with Crippen LogP contribution in [0.4, 0.5) is 11.4 Å². The molecular weight excluding hydrogens is 256 g/mol. The highest BCUT2D eigenvalue weighted by Crippen LogP contribution is 2.30. The minimum atomic E-state index is -0.0502. The molecule has 2 aromatic carbocycles. The molecule has 0 aromatic heterocycles. The lowest BCUT2D eigenvalue weighted by molar-refractivity contribution is 0.818. The molecule has 0 saturated heterocycles. The monoisotopic (exact) mass is 274 g/mol. The Morgan fingerprint density at radius 3 is 2.37 bits per heavy atom. The molecule has 2 aromatic rings. The number of hydrogen-bond donors (Lipinski definition) is 1. The van der Waals surface area contributed by atoms with Crippen LogP contribution in [-0.2, 0) is 0 Å². The molecule has 0 bridgehead atoms. The van der Waals surface area contributed by atoms with Gasteiger partial charge in [-0.2, -0.15) is 0 Å². The molecule has 0 radical (unpaired) electrons. The zero-order valence-corrected chi connectivity index (χ0v) is 12.3. The Bertz CT molecular complexity index is 579. The van der Waals surface area contributed by atoms with Crippen molar-refractivity contribution in [3.8, 4) is 0 Å². The average molecular weight is 275 g/mol. The fraction of sp³-hybridized carbons (Fsp3) is 0.250. The number of nitrogens with two attached hydrogens (primary N) is 1. The van der Waals surface area contributed by atoms with Crippen LogP contribution in [0.25, 0.3) is 0 Å². The maximum atomic E-state index is 6.28. The molecule has 0 fully saturated rings. The molecule has 1 atom stereocenters. The first-order valence-corrected chi connectivity index (χ1v) is 6.72. The number of anilines is 2. The van der Waals surface area contributed by atoms with Gasteiger partial charge in [-0.3, -0.25) is 0 Å². The Morgan fingerprint density at radius 2 is 1.79 bits per heavy atom. The van der Waals surface area contributed by atoms with Crippen molar-refractivity contribution in [1.82, 2.24) is 0 Å². The minimum Gasteiger partial charge on any atom is -0.345 e. The molecule has 0 amide bonds. The van der Waals surface area contributed by atoms with Crippen LogP contribution in [0.3, 0.4) is 0 Å². The van der Waals surface area contributed by atoms with Crippen molar-refractivity contribution in [3.63, 3.8) is 0 Å². The minimum absolute atomic E-state index is 0.0502. The molecule has 0 heterocycles. The van der Waals surface area contributed by atoms with E-state index in [4.69, 9.17) is 17.3 Å². The third kappa shape index (κ3) is 3.09. The van der Waals surface area contributed by atoms with E-state index in [0.717, 1.165) is 16.9 Å². The summed E-state index contributed by atoms with van der Waals surface area (Å²) < 4.78 is 0. The molecule has 0 spiro atoms. The third-order valence-electron chi connectivity index (χ3n) is 3.25. The summed E-state index contributed by atoms with van der Waals surface area (Å²) in [6, 6.07) is 14.3. The molecule has 2 rings (SSSR count). The van der Waals surface area contributed by atoms with Gasteiger partial charge in [-0.25, -0.2) is 0 Å². The Hall–Kier alpha value is -1.51. The Balaban J connectivity index is 2.34. The smallest absolute Gasteiger partial charge is 0.0474 e. The van der Waals surface area contributed by atoms with E-state index in [1.54, 1.807) is 0 Å². The molecule has 3 heteroatoms. The molecule has 2 nitrogen and oxygen atoms in total. The van der Waals surface area contributed by atoms with Gasteiger partial charge in [0.25, 0.3) is 0 Å². The zero-order chi connectivity index (χ0) is 14.0. The Kier molecular flexibility index (Phi) is 4.13. The van der Waals surface area contributed by atoms with E-state index in [9.17, 15) is 0 Å². The summed E-state index contributed by atoms with van der Waals surface area (Å²) in [7, 11) is 2.03. The van der Waals surface area contributed by atoms with Gasteiger partial charge >= 0.3 is 0 Å². The number of benzene rings is 2. The van der Waals surface area contributed by atoms with Gasteiger partial charge in [0.2, 0.25) is 0 Å². The molecule has 0 aliphatic carbocycles. The van der Waals surface area contributed by atoms with Crippen molar-refractivity contribution in [2.75, 3.05) is 11.9 Å². The summed E-state index contributed by atoms with van der Waals surface area (Å²) in [6.07, 6.45) is 0. The molecule has 19 heavy (non-hydrogen) atoms. The van der Waals surface area contributed by atoms with Gasteiger partial charge < -0.3 is 10.6 Å². The van der Waals surface area contributed by atoms with Crippen LogP contribution in [0.2, 0.25) is 5.02 Å². The van der Waals surface area contributed by atoms with Crippen molar-refractivity contribution < 1.29 is 0 Å². The van der Waals surface area contributed by atoms with Crippen LogP contribution < -0.4 is 10.6 Å². The third-order valence-corrected chi connectivity index (χ3v) is 3.58. The van der Waals surface area contributed by atoms with E-state index in [-0.39, 0.29) is 6.04 Å². The largest absolute Gasteiger partial charge is 0.345 e. The van der Waals surface area contributed by atoms with Crippen LogP contribution in [0.5, 0.6) is 0 Å². The van der Waals surface area contributed by atoms with E-state index < -0.39 is 0 Å². The molecule has 1 unspecified atom stereocenters. The fourth-order valence-corrected chi connectivity index (χ4v) is 2.43. The average Bonchev–Trinajstić information content (AvgIpc) is 2.37. The Morgan fingerprint density at radius 1 is 1.11 bits per heavy atom. The number of halogens is 1. The van der Waals surface area contributed by atoms with E-state index in [1.165, 1.54) is 5.56 Å². The summed E-state index contributed by atoms with van der Waals surface area (Å²) in [5, 5.41) is 0.715. The number of nitrogens with zero attached hydrogens (tertiary/aromatic N) is 1. The van der Waals surface area contributed by atoms with Gasteiger partial charge in [-0.15, -0.1) is 0 Å². The number of rotatable bonds is 3. The van der Waals surface area contributed by atoms with Crippen LogP contribution >= 0.6 is 11.6 Å². The highest BCUT2D eigenvalue weighted by atomic mass is 35.5. The van der Waals surface area contributed by atoms with E-state index in [0.29, 0.717) is 5.02 Å². The SMILES string of the molecule is Cc1cccc(N(C)c2ccc(C(C)N)c(Cl)c2)c1. The predicted octanol–water partition coefficient (Wildman–Crippen LogP) is 4.44. The second kappa shape index (κ2) is 5.64. The van der Waals surface area contributed by atoms with Crippen molar-refractivity contribution >= 4 is 23.0 Å². The van der Waals surface area contributed by atoms with Gasteiger partial charge in [-0.05, 0) is 49.2 Å². The first-order chi connectivity index (χ1) is 8.99. The highest BCUT2D eigenvalue weighted by Gasteiger charge is 2.09. The van der Waals surface area contributed by atoms with Gasteiger partial charge in [-0.1, -0.05) is 29.8 Å². The molecule has 0 aliphatic rings. The summed E-state index contributed by atoms with van der Waals surface area (Å²) in [5.41, 5.74) is 10.3. The number of hydrogen-bond acceptors (Lipinski definition) is 2. The van der Waals surface area contributed by atoms with Crippen LogP contribution in [-0.4, -0.2) is 7.05 Å². The van der Waals surface area contributed by atoms with Crippen molar-refractivity contribution in [2.24, 2.45) is 5.73 Å². The molecule has 0 saturated carbocycles. The summed E-state index contributed by atoms with van der Waals surface area (Å²) >= 11 is 6.28. The topological polar surface area (TPSA) is 29.3 Å². The summed E-state index contributed by atoms with van der Waals surface area (Å²) in [6.45, 7) is 4.02. The lowest BCUT2D eigenvalue weighted by atomic mass is 10.1. The maximum Gasteiger partial charge on any atom is 0.0474 e. The van der Waals surface area contributed by atoms with Gasteiger partial charge in [0.15, 0.2) is 0 Å². The highest BCUT2D eigenvalue weighted by molar-refractivity contribution is 6.31. The fourth-order valence-electron chi connectivity index (χ4n) is 2.08. The van der Waals surface area contributed by atoms with Crippen molar-refractivity contribution in [2.45, 2.75) is 19.9 Å². The maximum absolute atomic E-state index is 6.28. The quantitative estimate of drug-likeness (QED) is 0.897.